The molecule has 0 unspecified atom stereocenters. The third-order valence-electron chi connectivity index (χ3n) is 2.88. The number of benzene rings is 2. The average molecular weight is 391 g/mol. The lowest BCUT2D eigenvalue weighted by molar-refractivity contribution is -0.422. The van der Waals surface area contributed by atoms with Crippen molar-refractivity contribution in [1.29, 1.82) is 0 Å². The van der Waals surface area contributed by atoms with Crippen LogP contribution in [-0.2, 0) is 0 Å². The Morgan fingerprint density at radius 3 is 1.96 bits per heavy atom. The SMILES string of the molecule is O=C(Nc1c(Cl)cc(Cl)cc1Cl)c1ccc([N+](=O)[O-])c([N+](=O)[O-])c1. The first-order valence-corrected chi connectivity index (χ1v) is 7.23. The van der Waals surface area contributed by atoms with E-state index in [4.69, 9.17) is 34.8 Å². The van der Waals surface area contributed by atoms with Crippen LogP contribution in [0.3, 0.4) is 0 Å². The highest BCUT2D eigenvalue weighted by molar-refractivity contribution is 6.42. The third kappa shape index (κ3) is 3.73. The molecule has 0 heterocycles. The van der Waals surface area contributed by atoms with E-state index >= 15 is 0 Å². The summed E-state index contributed by atoms with van der Waals surface area (Å²) in [5.41, 5.74) is -1.64. The molecule has 0 radical (unpaired) electrons. The van der Waals surface area contributed by atoms with Crippen LogP contribution in [0.15, 0.2) is 30.3 Å². The number of carbonyl (C=O) groups is 1. The van der Waals surface area contributed by atoms with Crippen LogP contribution in [0.25, 0.3) is 0 Å². The van der Waals surface area contributed by atoms with Gasteiger partial charge in [-0.2, -0.15) is 0 Å². The number of halogens is 3. The van der Waals surface area contributed by atoms with Gasteiger partial charge in [0.1, 0.15) is 0 Å². The van der Waals surface area contributed by atoms with Crippen molar-refractivity contribution in [2.45, 2.75) is 0 Å². The first kappa shape index (κ1) is 17.9. The Morgan fingerprint density at radius 1 is 0.917 bits per heavy atom. The lowest BCUT2D eigenvalue weighted by atomic mass is 10.1. The first-order chi connectivity index (χ1) is 11.2. The Bertz CT molecular complexity index is 849. The van der Waals surface area contributed by atoms with Gasteiger partial charge in [0.25, 0.3) is 5.91 Å². The Kier molecular flexibility index (Phi) is 5.23. The molecule has 0 bridgehead atoms. The van der Waals surface area contributed by atoms with Crippen molar-refractivity contribution >= 4 is 57.8 Å². The fourth-order valence-corrected chi connectivity index (χ4v) is 2.72. The molecule has 2 aromatic rings. The number of amides is 1. The van der Waals surface area contributed by atoms with E-state index < -0.39 is 27.1 Å². The lowest BCUT2D eigenvalue weighted by Crippen LogP contribution is -2.13. The van der Waals surface area contributed by atoms with Gasteiger partial charge < -0.3 is 5.32 Å². The number of anilines is 1. The van der Waals surface area contributed by atoms with Gasteiger partial charge in [-0.1, -0.05) is 34.8 Å². The van der Waals surface area contributed by atoms with Crippen molar-refractivity contribution in [3.63, 3.8) is 0 Å². The summed E-state index contributed by atoms with van der Waals surface area (Å²) in [7, 11) is 0. The fraction of sp³-hybridized carbons (Fsp3) is 0. The number of nitro groups is 2. The molecule has 0 aromatic heterocycles. The summed E-state index contributed by atoms with van der Waals surface area (Å²) >= 11 is 17.6. The average Bonchev–Trinajstić information content (AvgIpc) is 2.49. The zero-order valence-corrected chi connectivity index (χ0v) is 13.7. The topological polar surface area (TPSA) is 115 Å². The van der Waals surface area contributed by atoms with E-state index in [0.717, 1.165) is 18.2 Å². The van der Waals surface area contributed by atoms with E-state index in [1.807, 2.05) is 0 Å². The van der Waals surface area contributed by atoms with E-state index in [9.17, 15) is 25.0 Å². The Morgan fingerprint density at radius 2 is 1.46 bits per heavy atom. The Labute approximate surface area is 149 Å². The second kappa shape index (κ2) is 7.00. The maximum Gasteiger partial charge on any atom is 0.346 e. The zero-order chi connectivity index (χ0) is 18.0. The molecule has 1 N–H and O–H groups in total. The quantitative estimate of drug-likeness (QED) is 0.599. The van der Waals surface area contributed by atoms with Gasteiger partial charge in [-0.05, 0) is 18.2 Å². The van der Waals surface area contributed by atoms with Crippen molar-refractivity contribution in [1.82, 2.24) is 0 Å². The van der Waals surface area contributed by atoms with Crippen LogP contribution in [0, 0.1) is 20.2 Å². The number of nitrogens with one attached hydrogen (secondary N) is 1. The standard InChI is InChI=1S/C13H6Cl3N3O5/c14-7-4-8(15)12(9(16)5-7)17-13(20)6-1-2-10(18(21)22)11(3-6)19(23)24/h1-5H,(H,17,20). The molecule has 0 spiro atoms. The van der Waals surface area contributed by atoms with Crippen molar-refractivity contribution in [3.8, 4) is 0 Å². The second-order valence-corrected chi connectivity index (χ2v) is 5.67. The molecule has 2 rings (SSSR count). The molecule has 8 nitrogen and oxygen atoms in total. The minimum absolute atomic E-state index is 0.0636. The molecule has 0 saturated carbocycles. The van der Waals surface area contributed by atoms with Crippen molar-refractivity contribution in [2.24, 2.45) is 0 Å². The number of nitrogens with zero attached hydrogens (tertiary/aromatic N) is 2. The van der Waals surface area contributed by atoms with Crippen molar-refractivity contribution < 1.29 is 14.6 Å². The van der Waals surface area contributed by atoms with Gasteiger partial charge in [-0.15, -0.1) is 0 Å². The van der Waals surface area contributed by atoms with Gasteiger partial charge in [0, 0.05) is 22.7 Å². The van der Waals surface area contributed by atoms with Gasteiger partial charge >= 0.3 is 11.4 Å². The minimum atomic E-state index is -0.947. The molecular formula is C13H6Cl3N3O5. The van der Waals surface area contributed by atoms with Crippen LogP contribution in [0.2, 0.25) is 15.1 Å². The normalized spacial score (nSPS) is 10.3. The Balaban J connectivity index is 2.39. The molecule has 0 atom stereocenters. The molecule has 24 heavy (non-hydrogen) atoms. The van der Waals surface area contributed by atoms with Crippen LogP contribution < -0.4 is 5.32 Å². The molecular weight excluding hydrogens is 385 g/mol. The monoisotopic (exact) mass is 389 g/mol. The molecule has 0 aliphatic carbocycles. The molecule has 2 aromatic carbocycles. The summed E-state index contributed by atoms with van der Waals surface area (Å²) in [5.74, 6) is -0.779. The second-order valence-electron chi connectivity index (χ2n) is 4.42. The van der Waals surface area contributed by atoms with E-state index in [1.165, 1.54) is 12.1 Å². The maximum absolute atomic E-state index is 12.2. The van der Waals surface area contributed by atoms with Crippen LogP contribution in [0.4, 0.5) is 17.1 Å². The first-order valence-electron chi connectivity index (χ1n) is 6.09. The summed E-state index contributed by atoms with van der Waals surface area (Å²) in [4.78, 5) is 32.0. The number of hydrogen-bond donors (Lipinski definition) is 1. The predicted molar refractivity (Wildman–Crippen MR) is 89.2 cm³/mol. The molecule has 0 aliphatic heterocycles. The number of rotatable bonds is 4. The summed E-state index contributed by atoms with van der Waals surface area (Å²) in [5, 5.41) is 24.5. The van der Waals surface area contributed by atoms with Crippen LogP contribution in [0.1, 0.15) is 10.4 Å². The highest BCUT2D eigenvalue weighted by Gasteiger charge is 2.26. The van der Waals surface area contributed by atoms with E-state index in [1.54, 1.807) is 0 Å². The minimum Gasteiger partial charge on any atom is -0.319 e. The zero-order valence-electron chi connectivity index (χ0n) is 11.5. The summed E-state index contributed by atoms with van der Waals surface area (Å²) in [6.07, 6.45) is 0. The van der Waals surface area contributed by atoms with Crippen molar-refractivity contribution in [2.75, 3.05) is 5.32 Å². The molecule has 124 valence electrons. The van der Waals surface area contributed by atoms with Gasteiger partial charge in [0.15, 0.2) is 0 Å². The van der Waals surface area contributed by atoms with Gasteiger partial charge in [-0.3, -0.25) is 25.0 Å². The summed E-state index contributed by atoms with van der Waals surface area (Å²) in [6.45, 7) is 0. The molecule has 0 saturated heterocycles. The van der Waals surface area contributed by atoms with E-state index in [2.05, 4.69) is 5.32 Å². The predicted octanol–water partition coefficient (Wildman–Crippen LogP) is 4.72. The Hall–Kier alpha value is -2.42. The number of carbonyl (C=O) groups excluding carboxylic acids is 1. The number of hydrogen-bond acceptors (Lipinski definition) is 5. The van der Waals surface area contributed by atoms with Gasteiger partial charge in [0.2, 0.25) is 0 Å². The smallest absolute Gasteiger partial charge is 0.319 e. The molecule has 1 amide bonds. The van der Waals surface area contributed by atoms with E-state index in [0.29, 0.717) is 0 Å². The molecule has 0 aliphatic rings. The summed E-state index contributed by atoms with van der Waals surface area (Å²) < 4.78 is 0. The van der Waals surface area contributed by atoms with E-state index in [-0.39, 0.29) is 26.3 Å². The molecule has 11 heteroatoms. The highest BCUT2D eigenvalue weighted by Crippen LogP contribution is 2.34. The number of nitro benzene ring substituents is 2. The maximum atomic E-state index is 12.2. The molecule has 0 fully saturated rings. The highest BCUT2D eigenvalue weighted by atomic mass is 35.5. The van der Waals surface area contributed by atoms with Crippen LogP contribution >= 0.6 is 34.8 Å². The lowest BCUT2D eigenvalue weighted by Gasteiger charge is -2.10. The van der Waals surface area contributed by atoms with Gasteiger partial charge in [-0.25, -0.2) is 0 Å². The van der Waals surface area contributed by atoms with Gasteiger partial charge in [0.05, 0.1) is 25.6 Å². The van der Waals surface area contributed by atoms with Crippen molar-refractivity contribution in [3.05, 3.63) is 71.2 Å². The third-order valence-corrected chi connectivity index (χ3v) is 3.69. The van der Waals surface area contributed by atoms with Crippen LogP contribution in [0.5, 0.6) is 0 Å². The summed E-state index contributed by atoms with van der Waals surface area (Å²) in [6, 6.07) is 5.45. The largest absolute Gasteiger partial charge is 0.346 e. The fourth-order valence-electron chi connectivity index (χ4n) is 1.81. The van der Waals surface area contributed by atoms with Crippen LogP contribution in [-0.4, -0.2) is 15.8 Å².